The van der Waals surface area contributed by atoms with Gasteiger partial charge in [-0.2, -0.15) is 0 Å². The van der Waals surface area contributed by atoms with E-state index in [9.17, 15) is 4.79 Å². The third-order valence-electron chi connectivity index (χ3n) is 3.57. The van der Waals surface area contributed by atoms with Crippen molar-refractivity contribution in [3.8, 4) is 17.2 Å². The van der Waals surface area contributed by atoms with Crippen molar-refractivity contribution >= 4 is 27.5 Å². The Morgan fingerprint density at radius 1 is 0.923 bits per heavy atom. The molecule has 3 aromatic carbocycles. The molecule has 26 heavy (non-hydrogen) atoms. The second-order valence-electron chi connectivity index (χ2n) is 5.50. The lowest BCUT2D eigenvalue weighted by Crippen LogP contribution is -2.11. The summed E-state index contributed by atoms with van der Waals surface area (Å²) in [5.41, 5.74) is 1.29. The molecule has 1 amide bonds. The Bertz CT molecular complexity index is 877. The van der Waals surface area contributed by atoms with Crippen LogP contribution in [0.15, 0.2) is 77.3 Å². The van der Waals surface area contributed by atoms with Crippen LogP contribution < -0.4 is 14.8 Å². The van der Waals surface area contributed by atoms with Gasteiger partial charge in [-0.15, -0.1) is 0 Å². The number of benzene rings is 3. The summed E-state index contributed by atoms with van der Waals surface area (Å²) in [6.45, 7) is 2.58. The molecule has 132 valence electrons. The van der Waals surface area contributed by atoms with E-state index >= 15 is 0 Å². The van der Waals surface area contributed by atoms with Crippen molar-refractivity contribution < 1.29 is 14.3 Å². The third kappa shape index (κ3) is 4.86. The number of hydrogen-bond acceptors (Lipinski definition) is 3. The fourth-order valence-electron chi connectivity index (χ4n) is 2.35. The zero-order valence-corrected chi connectivity index (χ0v) is 15.8. The van der Waals surface area contributed by atoms with E-state index in [1.165, 1.54) is 0 Å². The first-order chi connectivity index (χ1) is 12.6. The van der Waals surface area contributed by atoms with Crippen LogP contribution in [0.5, 0.6) is 17.2 Å². The zero-order chi connectivity index (χ0) is 18.4. The molecule has 0 heterocycles. The second kappa shape index (κ2) is 8.54. The van der Waals surface area contributed by atoms with E-state index in [4.69, 9.17) is 9.47 Å². The van der Waals surface area contributed by atoms with Gasteiger partial charge in [-0.25, -0.2) is 0 Å². The highest BCUT2D eigenvalue weighted by Gasteiger charge is 2.06. The molecular formula is C21H18BrNO3. The first-order valence-electron chi connectivity index (χ1n) is 8.22. The van der Waals surface area contributed by atoms with Crippen LogP contribution >= 0.6 is 15.9 Å². The van der Waals surface area contributed by atoms with Crippen LogP contribution in [0.1, 0.15) is 17.3 Å². The van der Waals surface area contributed by atoms with Crippen molar-refractivity contribution in [1.29, 1.82) is 0 Å². The fraction of sp³-hybridized carbons (Fsp3) is 0.0952. The van der Waals surface area contributed by atoms with Crippen molar-refractivity contribution in [2.45, 2.75) is 6.92 Å². The summed E-state index contributed by atoms with van der Waals surface area (Å²) in [6, 6.07) is 21.9. The number of halogens is 1. The minimum absolute atomic E-state index is 0.161. The van der Waals surface area contributed by atoms with Gasteiger partial charge in [0.05, 0.1) is 6.61 Å². The van der Waals surface area contributed by atoms with Crippen LogP contribution in [0.4, 0.5) is 5.69 Å². The number of hydrogen-bond donors (Lipinski definition) is 1. The fourth-order valence-corrected chi connectivity index (χ4v) is 2.75. The first kappa shape index (κ1) is 18.0. The van der Waals surface area contributed by atoms with Crippen molar-refractivity contribution in [2.75, 3.05) is 11.9 Å². The molecule has 3 rings (SSSR count). The molecule has 3 aromatic rings. The van der Waals surface area contributed by atoms with Crippen molar-refractivity contribution in [1.82, 2.24) is 0 Å². The summed E-state index contributed by atoms with van der Waals surface area (Å²) in [4.78, 5) is 12.3. The topological polar surface area (TPSA) is 47.6 Å². The molecule has 0 aliphatic carbocycles. The van der Waals surface area contributed by atoms with Crippen LogP contribution in [0, 0.1) is 0 Å². The molecular weight excluding hydrogens is 394 g/mol. The summed E-state index contributed by atoms with van der Waals surface area (Å²) in [7, 11) is 0. The van der Waals surface area contributed by atoms with E-state index in [0.717, 1.165) is 16.0 Å². The molecule has 0 unspecified atom stereocenters. The standard InChI is InChI=1S/C21H18BrNO3/c1-2-25-18-10-12-20(13-11-18)26-19-8-6-17(7-9-19)23-21(24)15-4-3-5-16(22)14-15/h3-14H,2H2,1H3,(H,23,24). The van der Waals surface area contributed by atoms with Gasteiger partial charge in [-0.1, -0.05) is 22.0 Å². The maximum atomic E-state index is 12.3. The maximum Gasteiger partial charge on any atom is 0.255 e. The SMILES string of the molecule is CCOc1ccc(Oc2ccc(NC(=O)c3cccc(Br)c3)cc2)cc1. The Balaban J connectivity index is 1.62. The van der Waals surface area contributed by atoms with E-state index < -0.39 is 0 Å². The molecule has 5 heteroatoms. The lowest BCUT2D eigenvalue weighted by molar-refractivity contribution is 0.102. The Hall–Kier alpha value is -2.79. The van der Waals surface area contributed by atoms with Gasteiger partial charge in [-0.3, -0.25) is 4.79 Å². The largest absolute Gasteiger partial charge is 0.494 e. The third-order valence-corrected chi connectivity index (χ3v) is 4.06. The van der Waals surface area contributed by atoms with Gasteiger partial charge in [0.25, 0.3) is 5.91 Å². The molecule has 0 bridgehead atoms. The molecule has 0 aliphatic heterocycles. The summed E-state index contributed by atoms with van der Waals surface area (Å²) in [5, 5.41) is 2.87. The van der Waals surface area contributed by atoms with E-state index in [0.29, 0.717) is 23.6 Å². The maximum absolute atomic E-state index is 12.3. The number of rotatable bonds is 6. The molecule has 0 aliphatic rings. The predicted molar refractivity (Wildman–Crippen MR) is 106 cm³/mol. The predicted octanol–water partition coefficient (Wildman–Crippen LogP) is 5.89. The number of ether oxygens (including phenoxy) is 2. The zero-order valence-electron chi connectivity index (χ0n) is 14.2. The molecule has 0 aromatic heterocycles. The molecule has 0 atom stereocenters. The van der Waals surface area contributed by atoms with E-state index in [-0.39, 0.29) is 5.91 Å². The normalized spacial score (nSPS) is 10.2. The van der Waals surface area contributed by atoms with Gasteiger partial charge >= 0.3 is 0 Å². The van der Waals surface area contributed by atoms with Gasteiger partial charge in [0.1, 0.15) is 17.2 Å². The van der Waals surface area contributed by atoms with Crippen LogP contribution in [-0.4, -0.2) is 12.5 Å². The number of carbonyl (C=O) groups excluding carboxylic acids is 1. The van der Waals surface area contributed by atoms with E-state index in [1.807, 2.05) is 55.5 Å². The number of carbonyl (C=O) groups is 1. The molecule has 1 N–H and O–H groups in total. The van der Waals surface area contributed by atoms with Gasteiger partial charge < -0.3 is 14.8 Å². The summed E-state index contributed by atoms with van der Waals surface area (Å²) >= 11 is 3.37. The second-order valence-corrected chi connectivity index (χ2v) is 6.41. The van der Waals surface area contributed by atoms with Crippen LogP contribution in [-0.2, 0) is 0 Å². The quantitative estimate of drug-likeness (QED) is 0.549. The van der Waals surface area contributed by atoms with Crippen LogP contribution in [0.3, 0.4) is 0 Å². The lowest BCUT2D eigenvalue weighted by Gasteiger charge is -2.09. The first-order valence-corrected chi connectivity index (χ1v) is 9.01. The summed E-state index contributed by atoms with van der Waals surface area (Å²) < 4.78 is 12.1. The van der Waals surface area contributed by atoms with Crippen molar-refractivity contribution in [3.63, 3.8) is 0 Å². The minimum Gasteiger partial charge on any atom is -0.494 e. The Morgan fingerprint density at radius 2 is 1.54 bits per heavy atom. The lowest BCUT2D eigenvalue weighted by atomic mass is 10.2. The number of nitrogens with one attached hydrogen (secondary N) is 1. The van der Waals surface area contributed by atoms with Gasteiger partial charge in [0, 0.05) is 15.7 Å². The van der Waals surface area contributed by atoms with Crippen LogP contribution in [0.2, 0.25) is 0 Å². The molecule has 0 fully saturated rings. The monoisotopic (exact) mass is 411 g/mol. The number of amides is 1. The van der Waals surface area contributed by atoms with Gasteiger partial charge in [-0.05, 0) is 73.7 Å². The van der Waals surface area contributed by atoms with Gasteiger partial charge in [0.2, 0.25) is 0 Å². The Morgan fingerprint density at radius 3 is 2.15 bits per heavy atom. The molecule has 4 nitrogen and oxygen atoms in total. The summed E-state index contributed by atoms with van der Waals surface area (Å²) in [5.74, 6) is 2.06. The highest BCUT2D eigenvalue weighted by Crippen LogP contribution is 2.25. The smallest absolute Gasteiger partial charge is 0.255 e. The van der Waals surface area contributed by atoms with Crippen molar-refractivity contribution in [3.05, 3.63) is 82.8 Å². The highest BCUT2D eigenvalue weighted by molar-refractivity contribution is 9.10. The summed E-state index contributed by atoms with van der Waals surface area (Å²) in [6.07, 6.45) is 0. The van der Waals surface area contributed by atoms with Crippen LogP contribution in [0.25, 0.3) is 0 Å². The Kier molecular flexibility index (Phi) is 5.92. The number of anilines is 1. The molecule has 0 saturated carbocycles. The average molecular weight is 412 g/mol. The Labute approximate surface area is 160 Å². The average Bonchev–Trinajstić information content (AvgIpc) is 2.65. The molecule has 0 radical (unpaired) electrons. The van der Waals surface area contributed by atoms with Gasteiger partial charge in [0.15, 0.2) is 0 Å². The molecule has 0 saturated heterocycles. The van der Waals surface area contributed by atoms with E-state index in [1.54, 1.807) is 24.3 Å². The van der Waals surface area contributed by atoms with Crippen molar-refractivity contribution in [2.24, 2.45) is 0 Å². The highest BCUT2D eigenvalue weighted by atomic mass is 79.9. The minimum atomic E-state index is -0.161. The van der Waals surface area contributed by atoms with E-state index in [2.05, 4.69) is 21.2 Å². The molecule has 0 spiro atoms.